The number of hydrogen-bond acceptors (Lipinski definition) is 6. The van der Waals surface area contributed by atoms with Gasteiger partial charge in [0.2, 0.25) is 11.0 Å². The molecule has 0 unspecified atom stereocenters. The molecule has 1 N–H and O–H groups in total. The van der Waals surface area contributed by atoms with Crippen molar-refractivity contribution in [2.24, 2.45) is 0 Å². The molecule has 1 heterocycles. The Labute approximate surface area is 143 Å². The Morgan fingerprint density at radius 2 is 2.04 bits per heavy atom. The fourth-order valence-electron chi connectivity index (χ4n) is 1.70. The van der Waals surface area contributed by atoms with E-state index in [1.165, 1.54) is 11.0 Å². The smallest absolute Gasteiger partial charge is 0.264 e. The Balaban J connectivity index is 2.20. The van der Waals surface area contributed by atoms with Crippen molar-refractivity contribution in [1.82, 2.24) is 15.1 Å². The molecule has 0 aliphatic heterocycles. The Morgan fingerprint density at radius 3 is 2.70 bits per heavy atom. The van der Waals surface area contributed by atoms with Crippen LogP contribution < -0.4 is 4.72 Å². The summed E-state index contributed by atoms with van der Waals surface area (Å²) in [5.74, 6) is -0.138. The minimum atomic E-state index is -3.82. The Bertz CT molecular complexity index is 833. The Kier molecular flexibility index (Phi) is 5.23. The molecule has 2 rings (SSSR count). The summed E-state index contributed by atoms with van der Waals surface area (Å²) in [6, 6.07) is 4.64. The molecule has 0 aliphatic rings. The van der Waals surface area contributed by atoms with Crippen LogP contribution >= 0.6 is 22.9 Å². The molecule has 0 spiro atoms. The second kappa shape index (κ2) is 6.81. The van der Waals surface area contributed by atoms with E-state index in [9.17, 15) is 13.2 Å². The quantitative estimate of drug-likeness (QED) is 0.863. The van der Waals surface area contributed by atoms with Gasteiger partial charge in [-0.15, -0.1) is 10.2 Å². The molecular formula is C13H15ClN4O3S2. The van der Waals surface area contributed by atoms with Crippen LogP contribution in [0.4, 0.5) is 5.13 Å². The van der Waals surface area contributed by atoms with Crippen LogP contribution in [0.2, 0.25) is 5.02 Å². The molecular weight excluding hydrogens is 360 g/mol. The van der Waals surface area contributed by atoms with E-state index < -0.39 is 10.0 Å². The number of aromatic nitrogens is 2. The number of amides is 1. The maximum atomic E-state index is 12.4. The molecule has 0 aliphatic carbocycles. The number of likely N-dealkylation sites (N-methyl/N-ethyl adjacent to an activating group) is 1. The second-order valence-electron chi connectivity index (χ2n) is 4.93. The van der Waals surface area contributed by atoms with E-state index in [1.807, 2.05) is 0 Å². The van der Waals surface area contributed by atoms with Crippen LogP contribution in [0.15, 0.2) is 23.1 Å². The summed E-state index contributed by atoms with van der Waals surface area (Å²) >= 11 is 6.97. The third-order valence-corrected chi connectivity index (χ3v) is 5.86. The summed E-state index contributed by atoms with van der Waals surface area (Å²) in [6.07, 6.45) is 0.0720. The van der Waals surface area contributed by atoms with Crippen molar-refractivity contribution in [1.29, 1.82) is 0 Å². The lowest BCUT2D eigenvalue weighted by atomic mass is 10.2. The monoisotopic (exact) mass is 374 g/mol. The molecule has 1 amide bonds. The summed E-state index contributed by atoms with van der Waals surface area (Å²) in [5, 5.41) is 8.49. The van der Waals surface area contributed by atoms with Crippen LogP contribution in [0, 0.1) is 6.92 Å². The normalized spacial score (nSPS) is 11.3. The first kappa shape index (κ1) is 17.6. The van der Waals surface area contributed by atoms with Crippen molar-refractivity contribution in [3.8, 4) is 0 Å². The number of sulfonamides is 1. The zero-order valence-corrected chi connectivity index (χ0v) is 15.1. The summed E-state index contributed by atoms with van der Waals surface area (Å²) in [4.78, 5) is 13.1. The zero-order valence-electron chi connectivity index (χ0n) is 12.7. The van der Waals surface area contributed by atoms with Crippen molar-refractivity contribution in [3.63, 3.8) is 0 Å². The van der Waals surface area contributed by atoms with Gasteiger partial charge in [0.15, 0.2) is 0 Å². The zero-order chi connectivity index (χ0) is 17.2. The molecule has 10 heteroatoms. The van der Waals surface area contributed by atoms with Gasteiger partial charge in [-0.1, -0.05) is 29.0 Å². The number of hydrogen-bond donors (Lipinski definition) is 1. The lowest BCUT2D eigenvalue weighted by Gasteiger charge is -2.08. The number of halogens is 1. The van der Waals surface area contributed by atoms with E-state index in [0.29, 0.717) is 15.6 Å². The van der Waals surface area contributed by atoms with Gasteiger partial charge in [0.25, 0.3) is 10.0 Å². The van der Waals surface area contributed by atoms with Crippen molar-refractivity contribution in [2.45, 2.75) is 18.2 Å². The molecule has 0 radical (unpaired) electrons. The topological polar surface area (TPSA) is 92.3 Å². The highest BCUT2D eigenvalue weighted by molar-refractivity contribution is 7.93. The predicted octanol–water partition coefficient (Wildman–Crippen LogP) is 1.93. The first-order valence-electron chi connectivity index (χ1n) is 6.51. The maximum Gasteiger partial charge on any atom is 0.264 e. The molecule has 0 bridgehead atoms. The van der Waals surface area contributed by atoms with Gasteiger partial charge < -0.3 is 4.90 Å². The minimum absolute atomic E-state index is 0.0720. The molecule has 2 aromatic rings. The van der Waals surface area contributed by atoms with E-state index >= 15 is 0 Å². The third-order valence-electron chi connectivity index (χ3n) is 3.00. The van der Waals surface area contributed by atoms with Crippen LogP contribution in [-0.4, -0.2) is 43.5 Å². The highest BCUT2D eigenvalue weighted by atomic mass is 35.5. The van der Waals surface area contributed by atoms with Crippen molar-refractivity contribution in [3.05, 3.63) is 33.8 Å². The molecule has 1 aromatic heterocycles. The number of rotatable bonds is 5. The first-order valence-corrected chi connectivity index (χ1v) is 9.19. The molecule has 0 saturated carbocycles. The van der Waals surface area contributed by atoms with Gasteiger partial charge in [0, 0.05) is 19.1 Å². The molecule has 124 valence electrons. The van der Waals surface area contributed by atoms with Crippen molar-refractivity contribution in [2.75, 3.05) is 18.8 Å². The van der Waals surface area contributed by atoms with Gasteiger partial charge in [0.05, 0.1) is 11.3 Å². The van der Waals surface area contributed by atoms with E-state index in [4.69, 9.17) is 11.6 Å². The van der Waals surface area contributed by atoms with Crippen LogP contribution in [0.1, 0.15) is 10.6 Å². The van der Waals surface area contributed by atoms with Gasteiger partial charge in [0.1, 0.15) is 5.01 Å². The number of nitrogens with zero attached hydrogens (tertiary/aromatic N) is 3. The average molecular weight is 375 g/mol. The van der Waals surface area contributed by atoms with Crippen LogP contribution in [0.25, 0.3) is 0 Å². The Hall–Kier alpha value is -1.71. The summed E-state index contributed by atoms with van der Waals surface area (Å²) in [7, 11) is -0.552. The van der Waals surface area contributed by atoms with Crippen LogP contribution in [0.3, 0.4) is 0 Å². The number of benzene rings is 1. The predicted molar refractivity (Wildman–Crippen MR) is 89.3 cm³/mol. The average Bonchev–Trinajstić information content (AvgIpc) is 2.87. The minimum Gasteiger partial charge on any atom is -0.348 e. The van der Waals surface area contributed by atoms with E-state index in [0.717, 1.165) is 11.3 Å². The van der Waals surface area contributed by atoms with Crippen molar-refractivity contribution >= 4 is 44.0 Å². The van der Waals surface area contributed by atoms with E-state index in [-0.39, 0.29) is 22.4 Å². The van der Waals surface area contributed by atoms with Gasteiger partial charge in [-0.3, -0.25) is 9.52 Å². The van der Waals surface area contributed by atoms with E-state index in [1.54, 1.807) is 33.2 Å². The number of nitrogens with one attached hydrogen (secondary N) is 1. The molecule has 0 saturated heterocycles. The highest BCUT2D eigenvalue weighted by Crippen LogP contribution is 2.26. The van der Waals surface area contributed by atoms with Crippen LogP contribution in [0.5, 0.6) is 0 Å². The SMILES string of the molecule is Cc1c(Cl)cccc1S(=O)(=O)Nc1nnc(CC(=O)N(C)C)s1. The number of carbonyl (C=O) groups is 1. The van der Waals surface area contributed by atoms with Gasteiger partial charge in [-0.05, 0) is 24.6 Å². The molecule has 23 heavy (non-hydrogen) atoms. The fraction of sp³-hybridized carbons (Fsp3) is 0.308. The lowest BCUT2D eigenvalue weighted by Crippen LogP contribution is -2.23. The Morgan fingerprint density at radius 1 is 1.35 bits per heavy atom. The summed E-state index contributed by atoms with van der Waals surface area (Å²) in [5.41, 5.74) is 0.453. The fourth-order valence-corrected chi connectivity index (χ4v) is 4.16. The molecule has 0 atom stereocenters. The van der Waals surface area contributed by atoms with Gasteiger partial charge in [-0.2, -0.15) is 0 Å². The van der Waals surface area contributed by atoms with E-state index in [2.05, 4.69) is 14.9 Å². The standard InChI is InChI=1S/C13H15ClN4O3S2/c1-8-9(14)5-4-6-10(8)23(20,21)17-13-16-15-11(22-13)7-12(19)18(2)3/h4-6H,7H2,1-3H3,(H,16,17). The second-order valence-corrected chi connectivity index (χ2v) is 8.05. The van der Waals surface area contributed by atoms with Crippen molar-refractivity contribution < 1.29 is 13.2 Å². The summed E-state index contributed by atoms with van der Waals surface area (Å²) in [6.45, 7) is 1.62. The third kappa shape index (κ3) is 4.18. The maximum absolute atomic E-state index is 12.4. The molecule has 0 fully saturated rings. The number of carbonyl (C=O) groups excluding carboxylic acids is 1. The highest BCUT2D eigenvalue weighted by Gasteiger charge is 2.20. The van der Waals surface area contributed by atoms with Crippen LogP contribution in [-0.2, 0) is 21.2 Å². The molecule has 7 nitrogen and oxygen atoms in total. The van der Waals surface area contributed by atoms with Gasteiger partial charge >= 0.3 is 0 Å². The van der Waals surface area contributed by atoms with Gasteiger partial charge in [-0.25, -0.2) is 8.42 Å². The summed E-state index contributed by atoms with van der Waals surface area (Å²) < 4.78 is 27.2. The first-order chi connectivity index (χ1) is 10.7. The lowest BCUT2D eigenvalue weighted by molar-refractivity contribution is -0.127. The molecule has 1 aromatic carbocycles. The number of anilines is 1. The largest absolute Gasteiger partial charge is 0.348 e.